The lowest BCUT2D eigenvalue weighted by molar-refractivity contribution is -0.132. The number of rotatable bonds is 7. The third-order valence-corrected chi connectivity index (χ3v) is 4.30. The van der Waals surface area contributed by atoms with E-state index in [0.29, 0.717) is 24.3 Å². The summed E-state index contributed by atoms with van der Waals surface area (Å²) in [6, 6.07) is 6.96. The summed E-state index contributed by atoms with van der Waals surface area (Å²) in [6.45, 7) is 1.33. The van der Waals surface area contributed by atoms with Crippen LogP contribution in [0.5, 0.6) is 5.75 Å². The lowest BCUT2D eigenvalue weighted by atomic mass is 10.2. The topological polar surface area (TPSA) is 90.2 Å². The standard InChI is InChI=1S/C15H19N5O3S/c1-11(21)23-13-8-5-4-7-12(13)19(2)14(22)9-6-10-24-15-16-17-18-20(15)3/h4-5,7-8H,6,9-10H2,1-3H3. The van der Waals surface area contributed by atoms with Gasteiger partial charge in [-0.2, -0.15) is 0 Å². The second-order valence-corrected chi connectivity index (χ2v) is 6.11. The first kappa shape index (κ1) is 17.9. The highest BCUT2D eigenvalue weighted by Gasteiger charge is 2.16. The lowest BCUT2D eigenvalue weighted by Gasteiger charge is -2.19. The molecule has 0 saturated heterocycles. The second-order valence-electron chi connectivity index (χ2n) is 5.05. The van der Waals surface area contributed by atoms with Crippen LogP contribution in [0.1, 0.15) is 19.8 Å². The summed E-state index contributed by atoms with van der Waals surface area (Å²) < 4.78 is 6.73. The summed E-state index contributed by atoms with van der Waals surface area (Å²) in [5.41, 5.74) is 0.572. The number of carbonyl (C=O) groups excluding carboxylic acids is 2. The van der Waals surface area contributed by atoms with Crippen LogP contribution in [0.2, 0.25) is 0 Å². The van der Waals surface area contributed by atoms with Crippen molar-refractivity contribution in [3.8, 4) is 5.75 Å². The van der Waals surface area contributed by atoms with Gasteiger partial charge in [0.15, 0.2) is 5.75 Å². The Morgan fingerprint density at radius 1 is 1.33 bits per heavy atom. The maximum Gasteiger partial charge on any atom is 0.308 e. The third kappa shape index (κ3) is 4.79. The van der Waals surface area contributed by atoms with Crippen molar-refractivity contribution in [3.63, 3.8) is 0 Å². The predicted molar refractivity (Wildman–Crippen MR) is 89.9 cm³/mol. The van der Waals surface area contributed by atoms with E-state index in [0.717, 1.165) is 10.9 Å². The number of amides is 1. The molecule has 0 atom stereocenters. The first-order valence-electron chi connectivity index (χ1n) is 7.38. The van der Waals surface area contributed by atoms with Crippen LogP contribution in [0, 0.1) is 0 Å². The van der Waals surface area contributed by atoms with E-state index in [4.69, 9.17) is 4.74 Å². The van der Waals surface area contributed by atoms with E-state index in [2.05, 4.69) is 15.5 Å². The van der Waals surface area contributed by atoms with Crippen molar-refractivity contribution in [1.82, 2.24) is 20.2 Å². The molecule has 2 aromatic rings. The van der Waals surface area contributed by atoms with Crippen molar-refractivity contribution in [3.05, 3.63) is 24.3 Å². The molecule has 0 aliphatic heterocycles. The summed E-state index contributed by atoms with van der Waals surface area (Å²) in [4.78, 5) is 25.0. The largest absolute Gasteiger partial charge is 0.424 e. The van der Waals surface area contributed by atoms with E-state index in [1.807, 2.05) is 0 Å². The summed E-state index contributed by atoms with van der Waals surface area (Å²) >= 11 is 1.50. The van der Waals surface area contributed by atoms with Crippen LogP contribution >= 0.6 is 11.8 Å². The van der Waals surface area contributed by atoms with Crippen molar-refractivity contribution in [2.45, 2.75) is 24.9 Å². The Morgan fingerprint density at radius 2 is 2.08 bits per heavy atom. The van der Waals surface area contributed by atoms with Gasteiger partial charge in [-0.15, -0.1) is 5.10 Å². The van der Waals surface area contributed by atoms with Crippen LogP contribution in [0.3, 0.4) is 0 Å². The van der Waals surface area contributed by atoms with Crippen LogP contribution < -0.4 is 9.64 Å². The van der Waals surface area contributed by atoms with Crippen LogP contribution in [-0.2, 0) is 16.6 Å². The third-order valence-electron chi connectivity index (χ3n) is 3.20. The average molecular weight is 349 g/mol. The fraction of sp³-hybridized carbons (Fsp3) is 0.400. The molecular weight excluding hydrogens is 330 g/mol. The molecule has 1 heterocycles. The number of benzene rings is 1. The van der Waals surface area contributed by atoms with E-state index < -0.39 is 5.97 Å². The number of aryl methyl sites for hydroxylation is 1. The molecule has 0 spiro atoms. The van der Waals surface area contributed by atoms with Crippen molar-refractivity contribution < 1.29 is 14.3 Å². The number of hydrogen-bond acceptors (Lipinski definition) is 7. The van der Waals surface area contributed by atoms with Crippen molar-refractivity contribution in [2.75, 3.05) is 17.7 Å². The molecule has 0 bridgehead atoms. The zero-order chi connectivity index (χ0) is 17.5. The highest BCUT2D eigenvalue weighted by molar-refractivity contribution is 7.99. The minimum absolute atomic E-state index is 0.0497. The molecule has 0 fully saturated rings. The number of aromatic nitrogens is 4. The normalized spacial score (nSPS) is 10.5. The average Bonchev–Trinajstić information content (AvgIpc) is 2.96. The van der Waals surface area contributed by atoms with Gasteiger partial charge in [0, 0.05) is 33.2 Å². The maximum atomic E-state index is 12.3. The van der Waals surface area contributed by atoms with Gasteiger partial charge < -0.3 is 9.64 Å². The highest BCUT2D eigenvalue weighted by atomic mass is 32.2. The van der Waals surface area contributed by atoms with Gasteiger partial charge in [-0.3, -0.25) is 9.59 Å². The van der Waals surface area contributed by atoms with Gasteiger partial charge in [0.05, 0.1) is 5.69 Å². The van der Waals surface area contributed by atoms with Gasteiger partial charge in [-0.1, -0.05) is 23.9 Å². The number of carbonyl (C=O) groups is 2. The Kier molecular flexibility index (Phi) is 6.30. The summed E-state index contributed by atoms with van der Waals surface area (Å²) in [5.74, 6) is 0.642. The zero-order valence-electron chi connectivity index (χ0n) is 13.8. The number of nitrogens with zero attached hydrogens (tertiary/aromatic N) is 5. The molecule has 0 aliphatic rings. The summed E-state index contributed by atoms with van der Waals surface area (Å²) in [7, 11) is 3.44. The molecule has 9 heteroatoms. The molecule has 2 rings (SSSR count). The van der Waals surface area contributed by atoms with Gasteiger partial charge in [0.2, 0.25) is 11.1 Å². The number of tetrazole rings is 1. The number of para-hydroxylation sites is 2. The molecule has 0 radical (unpaired) electrons. The minimum atomic E-state index is -0.419. The Morgan fingerprint density at radius 3 is 2.75 bits per heavy atom. The lowest BCUT2D eigenvalue weighted by Crippen LogP contribution is -2.26. The highest BCUT2D eigenvalue weighted by Crippen LogP contribution is 2.28. The SMILES string of the molecule is CC(=O)Oc1ccccc1N(C)C(=O)CCCSc1nnnn1C. The number of esters is 1. The molecular formula is C15H19N5O3S. The Hall–Kier alpha value is -2.42. The molecule has 0 aliphatic carbocycles. The summed E-state index contributed by atoms with van der Waals surface area (Å²) in [5, 5.41) is 11.9. The van der Waals surface area contributed by atoms with Gasteiger partial charge in [-0.25, -0.2) is 4.68 Å². The quantitative estimate of drug-likeness (QED) is 0.325. The molecule has 24 heavy (non-hydrogen) atoms. The van der Waals surface area contributed by atoms with E-state index in [9.17, 15) is 9.59 Å². The van der Waals surface area contributed by atoms with Gasteiger partial charge >= 0.3 is 5.97 Å². The summed E-state index contributed by atoms with van der Waals surface area (Å²) in [6.07, 6.45) is 1.07. The number of ether oxygens (including phenoxy) is 1. The molecule has 1 amide bonds. The molecule has 1 aromatic heterocycles. The number of anilines is 1. The fourth-order valence-electron chi connectivity index (χ4n) is 2.01. The predicted octanol–water partition coefficient (Wildman–Crippen LogP) is 1.67. The van der Waals surface area contributed by atoms with Gasteiger partial charge in [0.1, 0.15) is 0 Å². The van der Waals surface area contributed by atoms with E-state index in [1.165, 1.54) is 23.6 Å². The van der Waals surface area contributed by atoms with Crippen LogP contribution in [-0.4, -0.2) is 44.9 Å². The zero-order valence-corrected chi connectivity index (χ0v) is 14.6. The monoisotopic (exact) mass is 349 g/mol. The van der Waals surface area contributed by atoms with Crippen molar-refractivity contribution >= 4 is 29.3 Å². The van der Waals surface area contributed by atoms with Gasteiger partial charge in [-0.05, 0) is 29.0 Å². The van der Waals surface area contributed by atoms with Crippen LogP contribution in [0.25, 0.3) is 0 Å². The van der Waals surface area contributed by atoms with E-state index in [1.54, 1.807) is 43.0 Å². The Bertz CT molecular complexity index is 719. The number of thioether (sulfide) groups is 1. The minimum Gasteiger partial charge on any atom is -0.424 e. The smallest absolute Gasteiger partial charge is 0.308 e. The van der Waals surface area contributed by atoms with E-state index >= 15 is 0 Å². The van der Waals surface area contributed by atoms with Crippen molar-refractivity contribution in [1.29, 1.82) is 0 Å². The van der Waals surface area contributed by atoms with Crippen LogP contribution in [0.15, 0.2) is 29.4 Å². The fourth-order valence-corrected chi connectivity index (χ4v) is 2.80. The van der Waals surface area contributed by atoms with Gasteiger partial charge in [0.25, 0.3) is 0 Å². The molecule has 0 unspecified atom stereocenters. The number of hydrogen-bond donors (Lipinski definition) is 0. The molecule has 128 valence electrons. The maximum absolute atomic E-state index is 12.3. The Balaban J connectivity index is 1.88. The molecule has 1 aromatic carbocycles. The molecule has 8 nitrogen and oxygen atoms in total. The Labute approximate surface area is 144 Å². The molecule has 0 saturated carbocycles. The molecule has 0 N–H and O–H groups in total. The first-order valence-corrected chi connectivity index (χ1v) is 8.36. The van der Waals surface area contributed by atoms with Crippen LogP contribution in [0.4, 0.5) is 5.69 Å². The van der Waals surface area contributed by atoms with E-state index in [-0.39, 0.29) is 5.91 Å². The van der Waals surface area contributed by atoms with Crippen molar-refractivity contribution in [2.24, 2.45) is 7.05 Å². The second kappa shape index (κ2) is 8.44. The first-order chi connectivity index (χ1) is 11.5.